The summed E-state index contributed by atoms with van der Waals surface area (Å²) in [5.41, 5.74) is 5.61. The van der Waals surface area contributed by atoms with Crippen LogP contribution in [0.1, 0.15) is 43.0 Å². The molecule has 0 radical (unpaired) electrons. The number of amides is 1. The Balaban J connectivity index is 1.94. The number of carbonyl (C=O) groups excluding carboxylic acids is 1. The van der Waals surface area contributed by atoms with Crippen molar-refractivity contribution in [3.63, 3.8) is 0 Å². The molecule has 4 nitrogen and oxygen atoms in total. The predicted molar refractivity (Wildman–Crippen MR) is 83.8 cm³/mol. The van der Waals surface area contributed by atoms with E-state index in [1.807, 2.05) is 20.2 Å². The monoisotopic (exact) mass is 295 g/mol. The molecule has 0 bridgehead atoms. The van der Waals surface area contributed by atoms with E-state index in [2.05, 4.69) is 21.7 Å². The lowest BCUT2D eigenvalue weighted by Gasteiger charge is -2.33. The number of hydrogen-bond acceptors (Lipinski definition) is 4. The van der Waals surface area contributed by atoms with Crippen LogP contribution >= 0.6 is 11.3 Å². The molecule has 0 aromatic carbocycles. The van der Waals surface area contributed by atoms with E-state index < -0.39 is 5.54 Å². The van der Waals surface area contributed by atoms with Crippen molar-refractivity contribution in [3.05, 3.63) is 22.4 Å². The summed E-state index contributed by atoms with van der Waals surface area (Å²) >= 11 is 1.72. The van der Waals surface area contributed by atoms with Crippen LogP contribution < -0.4 is 11.1 Å². The van der Waals surface area contributed by atoms with Crippen LogP contribution in [0.15, 0.2) is 17.5 Å². The van der Waals surface area contributed by atoms with Gasteiger partial charge in [0.2, 0.25) is 5.91 Å². The van der Waals surface area contributed by atoms with Gasteiger partial charge in [0.05, 0.1) is 11.6 Å². The molecule has 3 N–H and O–H groups in total. The molecule has 1 aromatic rings. The third-order valence-corrected chi connectivity index (χ3v) is 5.12. The van der Waals surface area contributed by atoms with E-state index in [0.29, 0.717) is 6.54 Å². The summed E-state index contributed by atoms with van der Waals surface area (Å²) in [5, 5.41) is 5.13. The van der Waals surface area contributed by atoms with Crippen LogP contribution in [0.3, 0.4) is 0 Å². The molecule has 112 valence electrons. The Morgan fingerprint density at radius 2 is 2.15 bits per heavy atom. The van der Waals surface area contributed by atoms with Gasteiger partial charge in [-0.2, -0.15) is 0 Å². The Kier molecular flexibility index (Phi) is 5.18. The van der Waals surface area contributed by atoms with Crippen molar-refractivity contribution in [2.24, 2.45) is 5.73 Å². The van der Waals surface area contributed by atoms with Gasteiger partial charge in [-0.15, -0.1) is 11.3 Å². The maximum Gasteiger partial charge on any atom is 0.240 e. The molecule has 1 atom stereocenters. The fourth-order valence-electron chi connectivity index (χ4n) is 2.79. The molecule has 1 aromatic heterocycles. The lowest BCUT2D eigenvalue weighted by Crippen LogP contribution is -2.55. The first-order valence-corrected chi connectivity index (χ1v) is 8.18. The van der Waals surface area contributed by atoms with E-state index in [0.717, 1.165) is 25.7 Å². The highest BCUT2D eigenvalue weighted by Crippen LogP contribution is 2.27. The molecule has 1 unspecified atom stereocenters. The number of rotatable bonds is 5. The normalized spacial score (nSPS) is 19.8. The smallest absolute Gasteiger partial charge is 0.240 e. The number of nitrogens with one attached hydrogen (secondary N) is 1. The Hall–Kier alpha value is -0.910. The summed E-state index contributed by atoms with van der Waals surface area (Å²) in [6.07, 6.45) is 4.94. The number of thiophene rings is 1. The SMILES string of the molecule is CN(C)C(CNC(=O)C1(N)CCCCC1)c1cccs1. The number of nitrogens with two attached hydrogens (primary N) is 1. The summed E-state index contributed by atoms with van der Waals surface area (Å²) in [6.45, 7) is 0.616. The van der Waals surface area contributed by atoms with Crippen LogP contribution in [-0.4, -0.2) is 37.0 Å². The van der Waals surface area contributed by atoms with Gasteiger partial charge in [0.1, 0.15) is 0 Å². The molecule has 1 aliphatic rings. The van der Waals surface area contributed by atoms with Crippen molar-refractivity contribution in [1.29, 1.82) is 0 Å². The first-order chi connectivity index (χ1) is 9.53. The number of nitrogens with zero attached hydrogens (tertiary/aromatic N) is 1. The van der Waals surface area contributed by atoms with Crippen LogP contribution in [0, 0.1) is 0 Å². The van der Waals surface area contributed by atoms with E-state index in [1.54, 1.807) is 11.3 Å². The predicted octanol–water partition coefficient (Wildman–Crippen LogP) is 2.13. The quantitative estimate of drug-likeness (QED) is 0.875. The minimum absolute atomic E-state index is 0.0145. The topological polar surface area (TPSA) is 58.4 Å². The standard InChI is InChI=1S/C15H25N3OS/c1-18(2)12(13-7-6-10-20-13)11-17-14(19)15(16)8-4-3-5-9-15/h6-7,10,12H,3-5,8-9,11,16H2,1-2H3,(H,17,19). The van der Waals surface area contributed by atoms with Gasteiger partial charge >= 0.3 is 0 Å². The van der Waals surface area contributed by atoms with Crippen molar-refractivity contribution in [2.45, 2.75) is 43.7 Å². The van der Waals surface area contributed by atoms with Crippen LogP contribution in [0.25, 0.3) is 0 Å². The zero-order valence-corrected chi connectivity index (χ0v) is 13.2. The van der Waals surface area contributed by atoms with Crippen molar-refractivity contribution in [1.82, 2.24) is 10.2 Å². The Bertz CT molecular complexity index is 424. The van der Waals surface area contributed by atoms with Crippen LogP contribution in [-0.2, 0) is 4.79 Å². The second kappa shape index (κ2) is 6.70. The maximum absolute atomic E-state index is 12.4. The summed E-state index contributed by atoms with van der Waals surface area (Å²) in [4.78, 5) is 15.8. The van der Waals surface area contributed by atoms with E-state index in [-0.39, 0.29) is 11.9 Å². The van der Waals surface area contributed by atoms with Gasteiger partial charge in [-0.05, 0) is 38.4 Å². The average molecular weight is 295 g/mol. The number of carbonyl (C=O) groups is 1. The van der Waals surface area contributed by atoms with Gasteiger partial charge < -0.3 is 16.0 Å². The van der Waals surface area contributed by atoms with Crippen LogP contribution in [0.5, 0.6) is 0 Å². The molecule has 2 rings (SSSR count). The zero-order chi connectivity index (χ0) is 14.6. The summed E-state index contributed by atoms with van der Waals surface area (Å²) in [6, 6.07) is 4.37. The van der Waals surface area contributed by atoms with Crippen molar-refractivity contribution in [3.8, 4) is 0 Å². The summed E-state index contributed by atoms with van der Waals surface area (Å²) in [5.74, 6) is 0.0145. The Labute approximate surface area is 125 Å². The molecule has 1 heterocycles. The number of hydrogen-bond donors (Lipinski definition) is 2. The molecule has 1 amide bonds. The van der Waals surface area contributed by atoms with Gasteiger partial charge in [0.25, 0.3) is 0 Å². The van der Waals surface area contributed by atoms with Crippen LogP contribution in [0.2, 0.25) is 0 Å². The third kappa shape index (κ3) is 3.59. The molecule has 1 aliphatic carbocycles. The second-order valence-electron chi connectivity index (χ2n) is 5.92. The molecule has 1 saturated carbocycles. The van der Waals surface area contributed by atoms with E-state index in [4.69, 9.17) is 5.73 Å². The van der Waals surface area contributed by atoms with E-state index >= 15 is 0 Å². The molecular formula is C15H25N3OS. The van der Waals surface area contributed by atoms with Gasteiger partial charge in [0.15, 0.2) is 0 Å². The fraction of sp³-hybridized carbons (Fsp3) is 0.667. The average Bonchev–Trinajstić information content (AvgIpc) is 2.93. The molecule has 0 saturated heterocycles. The Morgan fingerprint density at radius 1 is 1.45 bits per heavy atom. The van der Waals surface area contributed by atoms with Crippen molar-refractivity contribution >= 4 is 17.2 Å². The van der Waals surface area contributed by atoms with Crippen molar-refractivity contribution in [2.75, 3.05) is 20.6 Å². The van der Waals surface area contributed by atoms with Gasteiger partial charge in [-0.1, -0.05) is 25.3 Å². The van der Waals surface area contributed by atoms with Gasteiger partial charge in [-0.3, -0.25) is 4.79 Å². The number of likely N-dealkylation sites (N-methyl/N-ethyl adjacent to an activating group) is 1. The summed E-state index contributed by atoms with van der Waals surface area (Å²) < 4.78 is 0. The Morgan fingerprint density at radius 3 is 2.70 bits per heavy atom. The second-order valence-corrected chi connectivity index (χ2v) is 6.90. The zero-order valence-electron chi connectivity index (χ0n) is 12.4. The molecule has 20 heavy (non-hydrogen) atoms. The van der Waals surface area contributed by atoms with Gasteiger partial charge in [0, 0.05) is 11.4 Å². The minimum atomic E-state index is -0.648. The lowest BCUT2D eigenvalue weighted by atomic mass is 9.82. The first-order valence-electron chi connectivity index (χ1n) is 7.30. The van der Waals surface area contributed by atoms with E-state index in [1.165, 1.54) is 11.3 Å². The minimum Gasteiger partial charge on any atom is -0.353 e. The lowest BCUT2D eigenvalue weighted by molar-refractivity contribution is -0.127. The molecule has 0 aliphatic heterocycles. The molecule has 1 fully saturated rings. The molecule has 5 heteroatoms. The fourth-order valence-corrected chi connectivity index (χ4v) is 3.72. The third-order valence-electron chi connectivity index (χ3n) is 4.15. The highest BCUT2D eigenvalue weighted by Gasteiger charge is 2.35. The van der Waals surface area contributed by atoms with Crippen LogP contribution in [0.4, 0.5) is 0 Å². The maximum atomic E-state index is 12.4. The molecular weight excluding hydrogens is 270 g/mol. The van der Waals surface area contributed by atoms with E-state index in [9.17, 15) is 4.79 Å². The van der Waals surface area contributed by atoms with Crippen molar-refractivity contribution < 1.29 is 4.79 Å². The first kappa shape index (κ1) is 15.5. The molecule has 0 spiro atoms. The highest BCUT2D eigenvalue weighted by atomic mass is 32.1. The van der Waals surface area contributed by atoms with Gasteiger partial charge in [-0.25, -0.2) is 0 Å². The largest absolute Gasteiger partial charge is 0.353 e. The summed E-state index contributed by atoms with van der Waals surface area (Å²) in [7, 11) is 4.07. The highest BCUT2D eigenvalue weighted by molar-refractivity contribution is 7.10.